The van der Waals surface area contributed by atoms with Gasteiger partial charge in [-0.05, 0) is 18.4 Å². The highest BCUT2D eigenvalue weighted by Gasteiger charge is 2.20. The van der Waals surface area contributed by atoms with Crippen LogP contribution in [-0.2, 0) is 9.53 Å². The second kappa shape index (κ2) is 9.70. The maximum Gasteiger partial charge on any atom is 0.234 e. The molecule has 2 fully saturated rings. The van der Waals surface area contributed by atoms with Crippen molar-refractivity contribution in [1.82, 2.24) is 15.1 Å². The number of hydrogen-bond acceptors (Lipinski definition) is 4. The first-order valence-corrected chi connectivity index (χ1v) is 9.34. The third kappa shape index (κ3) is 6.27. The minimum atomic E-state index is 0.118. The Bertz CT molecular complexity index is 547. The van der Waals surface area contributed by atoms with Gasteiger partial charge in [-0.1, -0.05) is 42.5 Å². The van der Waals surface area contributed by atoms with E-state index in [4.69, 9.17) is 4.74 Å². The highest BCUT2D eigenvalue weighted by molar-refractivity contribution is 5.78. The van der Waals surface area contributed by atoms with E-state index < -0.39 is 0 Å². The average Bonchev–Trinajstić information content (AvgIpc) is 3.16. The Kier molecular flexibility index (Phi) is 7.03. The van der Waals surface area contributed by atoms with Gasteiger partial charge in [-0.3, -0.25) is 14.6 Å². The summed E-state index contributed by atoms with van der Waals surface area (Å²) in [5, 5.41) is 3.01. The van der Waals surface area contributed by atoms with Crippen LogP contribution in [0.3, 0.4) is 0 Å². The number of nitrogens with zero attached hydrogens (tertiary/aromatic N) is 2. The highest BCUT2D eigenvalue weighted by Crippen LogP contribution is 2.10. The summed E-state index contributed by atoms with van der Waals surface area (Å²) in [4.78, 5) is 16.7. The van der Waals surface area contributed by atoms with Crippen LogP contribution >= 0.6 is 0 Å². The van der Waals surface area contributed by atoms with Gasteiger partial charge in [0.25, 0.3) is 0 Å². The quantitative estimate of drug-likeness (QED) is 0.817. The van der Waals surface area contributed by atoms with Crippen molar-refractivity contribution in [3.63, 3.8) is 0 Å². The first-order chi connectivity index (χ1) is 12.3. The molecule has 1 aromatic rings. The molecule has 136 valence electrons. The van der Waals surface area contributed by atoms with E-state index in [0.717, 1.165) is 52.2 Å². The molecule has 5 nitrogen and oxygen atoms in total. The Morgan fingerprint density at radius 3 is 2.64 bits per heavy atom. The van der Waals surface area contributed by atoms with Gasteiger partial charge in [0.15, 0.2) is 0 Å². The fourth-order valence-electron chi connectivity index (χ4n) is 3.32. The van der Waals surface area contributed by atoms with Crippen molar-refractivity contribution in [3.05, 3.63) is 42.0 Å². The number of carbonyl (C=O) groups is 1. The van der Waals surface area contributed by atoms with Crippen molar-refractivity contribution in [2.45, 2.75) is 18.9 Å². The first-order valence-electron chi connectivity index (χ1n) is 9.34. The van der Waals surface area contributed by atoms with Gasteiger partial charge in [-0.25, -0.2) is 0 Å². The van der Waals surface area contributed by atoms with Crippen LogP contribution in [0.2, 0.25) is 0 Å². The fraction of sp³-hybridized carbons (Fsp3) is 0.550. The van der Waals surface area contributed by atoms with Crippen molar-refractivity contribution in [3.8, 4) is 0 Å². The molecule has 1 aromatic carbocycles. The number of amides is 1. The van der Waals surface area contributed by atoms with E-state index >= 15 is 0 Å². The molecule has 0 aromatic heterocycles. The molecule has 1 amide bonds. The smallest absolute Gasteiger partial charge is 0.234 e. The van der Waals surface area contributed by atoms with Crippen LogP contribution in [0.1, 0.15) is 18.4 Å². The molecule has 2 heterocycles. The number of nitrogens with one attached hydrogen (secondary N) is 1. The molecule has 5 heteroatoms. The van der Waals surface area contributed by atoms with Crippen molar-refractivity contribution in [1.29, 1.82) is 0 Å². The molecule has 0 spiro atoms. The zero-order chi connectivity index (χ0) is 17.3. The minimum Gasteiger partial charge on any atom is -0.376 e. The summed E-state index contributed by atoms with van der Waals surface area (Å²) in [6.45, 7) is 6.88. The zero-order valence-electron chi connectivity index (χ0n) is 14.9. The molecular weight excluding hydrogens is 314 g/mol. The summed E-state index contributed by atoms with van der Waals surface area (Å²) in [5.41, 5.74) is 1.24. The molecule has 0 bridgehead atoms. The molecule has 2 aliphatic heterocycles. The van der Waals surface area contributed by atoms with E-state index in [1.54, 1.807) is 0 Å². The topological polar surface area (TPSA) is 44.8 Å². The van der Waals surface area contributed by atoms with E-state index in [1.165, 1.54) is 5.56 Å². The molecule has 1 unspecified atom stereocenters. The van der Waals surface area contributed by atoms with E-state index in [0.29, 0.717) is 13.1 Å². The van der Waals surface area contributed by atoms with Gasteiger partial charge in [0.05, 0.1) is 12.6 Å². The predicted octanol–water partition coefficient (Wildman–Crippen LogP) is 1.61. The monoisotopic (exact) mass is 343 g/mol. The summed E-state index contributed by atoms with van der Waals surface area (Å²) < 4.78 is 5.54. The van der Waals surface area contributed by atoms with Crippen molar-refractivity contribution in [2.75, 3.05) is 52.4 Å². The minimum absolute atomic E-state index is 0.118. The fourth-order valence-corrected chi connectivity index (χ4v) is 3.32. The predicted molar refractivity (Wildman–Crippen MR) is 100 cm³/mol. The van der Waals surface area contributed by atoms with Crippen LogP contribution in [0.15, 0.2) is 36.4 Å². The van der Waals surface area contributed by atoms with Crippen LogP contribution < -0.4 is 5.32 Å². The number of rotatable bonds is 7. The van der Waals surface area contributed by atoms with Crippen molar-refractivity contribution in [2.24, 2.45) is 0 Å². The molecular formula is C20H29N3O2. The maximum atomic E-state index is 12.0. The second-order valence-electron chi connectivity index (χ2n) is 6.83. The van der Waals surface area contributed by atoms with Crippen molar-refractivity contribution < 1.29 is 9.53 Å². The maximum absolute atomic E-state index is 12.0. The Labute approximate surface area is 150 Å². The third-order valence-electron chi connectivity index (χ3n) is 4.86. The average molecular weight is 343 g/mol. The van der Waals surface area contributed by atoms with E-state index in [1.807, 2.05) is 6.07 Å². The molecule has 2 saturated heterocycles. The molecule has 0 saturated carbocycles. The number of hydrogen-bond donors (Lipinski definition) is 1. The largest absolute Gasteiger partial charge is 0.376 e. The summed E-state index contributed by atoms with van der Waals surface area (Å²) >= 11 is 0. The molecule has 0 radical (unpaired) electrons. The van der Waals surface area contributed by atoms with Gasteiger partial charge in [-0.2, -0.15) is 0 Å². The van der Waals surface area contributed by atoms with Crippen molar-refractivity contribution >= 4 is 12.0 Å². The molecule has 2 aliphatic rings. The van der Waals surface area contributed by atoms with Crippen LogP contribution in [0, 0.1) is 0 Å². The van der Waals surface area contributed by atoms with Gasteiger partial charge in [-0.15, -0.1) is 0 Å². The van der Waals surface area contributed by atoms with E-state index in [2.05, 4.69) is 51.5 Å². The van der Waals surface area contributed by atoms with Crippen LogP contribution in [0.4, 0.5) is 0 Å². The zero-order valence-corrected chi connectivity index (χ0v) is 14.9. The third-order valence-corrected chi connectivity index (χ3v) is 4.86. The molecule has 1 atom stereocenters. The summed E-state index contributed by atoms with van der Waals surface area (Å²) in [7, 11) is 0. The summed E-state index contributed by atoms with van der Waals surface area (Å²) in [5.74, 6) is 0.118. The molecule has 1 N–H and O–H groups in total. The second-order valence-corrected chi connectivity index (χ2v) is 6.83. The molecule has 0 aliphatic carbocycles. The van der Waals surface area contributed by atoms with Gasteiger partial charge < -0.3 is 10.1 Å². The Balaban J connectivity index is 1.30. The van der Waals surface area contributed by atoms with Gasteiger partial charge in [0, 0.05) is 45.9 Å². The highest BCUT2D eigenvalue weighted by atomic mass is 16.5. The van der Waals surface area contributed by atoms with Crippen LogP contribution in [-0.4, -0.2) is 74.2 Å². The lowest BCUT2D eigenvalue weighted by Crippen LogP contribution is -2.49. The van der Waals surface area contributed by atoms with Gasteiger partial charge in [0.2, 0.25) is 5.91 Å². The molecule has 3 rings (SSSR count). The van der Waals surface area contributed by atoms with E-state index in [9.17, 15) is 4.79 Å². The van der Waals surface area contributed by atoms with Gasteiger partial charge in [0.1, 0.15) is 0 Å². The lowest BCUT2D eigenvalue weighted by atomic mass is 10.2. The standard InChI is InChI=1S/C20H29N3O2/c24-20(21-16-19-9-5-15-25-19)17-23-13-11-22(12-14-23)10-4-8-18-6-2-1-3-7-18/h1-4,6-8,19H,5,9-17H2,(H,21,24)/b8-4+. The SMILES string of the molecule is O=C(CN1CCN(C/C=C/c2ccccc2)CC1)NCC1CCCO1. The Hall–Kier alpha value is -1.69. The number of carbonyl (C=O) groups excluding carboxylic acids is 1. The lowest BCUT2D eigenvalue weighted by Gasteiger charge is -2.33. The lowest BCUT2D eigenvalue weighted by molar-refractivity contribution is -0.123. The Morgan fingerprint density at radius 1 is 1.16 bits per heavy atom. The van der Waals surface area contributed by atoms with Crippen LogP contribution in [0.5, 0.6) is 0 Å². The summed E-state index contributed by atoms with van der Waals surface area (Å²) in [6, 6.07) is 10.4. The van der Waals surface area contributed by atoms with Crippen LogP contribution in [0.25, 0.3) is 6.08 Å². The van der Waals surface area contributed by atoms with Gasteiger partial charge >= 0.3 is 0 Å². The first kappa shape index (κ1) is 18.1. The Morgan fingerprint density at radius 2 is 1.92 bits per heavy atom. The normalized spacial score (nSPS) is 22.5. The molecule has 25 heavy (non-hydrogen) atoms. The van der Waals surface area contributed by atoms with E-state index in [-0.39, 0.29) is 12.0 Å². The number of piperazine rings is 1. The number of ether oxygens (including phenoxy) is 1. The number of benzene rings is 1. The summed E-state index contributed by atoms with van der Waals surface area (Å²) in [6.07, 6.45) is 6.79.